The zero-order valence-corrected chi connectivity index (χ0v) is 14.9. The Bertz CT molecular complexity index is 844. The number of likely N-dealkylation sites (tertiary alicyclic amines) is 1. The van der Waals surface area contributed by atoms with E-state index >= 15 is 0 Å². The van der Waals surface area contributed by atoms with Crippen molar-refractivity contribution in [3.63, 3.8) is 0 Å². The number of amides is 2. The van der Waals surface area contributed by atoms with E-state index in [1.807, 2.05) is 24.9 Å². The third-order valence-electron chi connectivity index (χ3n) is 5.05. The first-order valence-corrected chi connectivity index (χ1v) is 8.94. The molecule has 4 rings (SSSR count). The van der Waals surface area contributed by atoms with Gasteiger partial charge in [-0.1, -0.05) is 0 Å². The van der Waals surface area contributed by atoms with Gasteiger partial charge in [0.25, 0.3) is 5.91 Å². The minimum absolute atomic E-state index is 0.149. The molecule has 1 N–H and O–H groups in total. The minimum Gasteiger partial charge on any atom is -0.344 e. The average molecular weight is 354 g/mol. The first-order valence-electron chi connectivity index (χ1n) is 8.94. The summed E-state index contributed by atoms with van der Waals surface area (Å²) in [6.45, 7) is 1.82. The number of hydrogen-bond donors (Lipinski definition) is 1. The van der Waals surface area contributed by atoms with Gasteiger partial charge in [0.1, 0.15) is 0 Å². The number of piperidine rings is 1. The van der Waals surface area contributed by atoms with E-state index in [0.717, 1.165) is 24.2 Å². The maximum absolute atomic E-state index is 12.7. The predicted octanol–water partition coefficient (Wildman–Crippen LogP) is 1.14. The van der Waals surface area contributed by atoms with Crippen molar-refractivity contribution >= 4 is 11.8 Å². The van der Waals surface area contributed by atoms with Gasteiger partial charge in [-0.15, -0.1) is 0 Å². The maximum Gasteiger partial charge on any atom is 0.289 e. The molecular formula is C18H22N6O2. The monoisotopic (exact) mass is 354 g/mol. The lowest BCUT2D eigenvalue weighted by Crippen LogP contribution is -2.53. The molecule has 2 atom stereocenters. The summed E-state index contributed by atoms with van der Waals surface area (Å²) >= 11 is 0. The molecule has 2 amide bonds. The first-order chi connectivity index (χ1) is 12.5. The highest BCUT2D eigenvalue weighted by atomic mass is 16.2. The molecule has 26 heavy (non-hydrogen) atoms. The van der Waals surface area contributed by atoms with Gasteiger partial charge in [-0.2, -0.15) is 5.10 Å². The third-order valence-corrected chi connectivity index (χ3v) is 5.05. The molecule has 8 nitrogen and oxygen atoms in total. The average Bonchev–Trinajstić information content (AvgIpc) is 3.37. The highest BCUT2D eigenvalue weighted by molar-refractivity contribution is 5.91. The quantitative estimate of drug-likeness (QED) is 0.889. The van der Waals surface area contributed by atoms with E-state index in [-0.39, 0.29) is 35.8 Å². The number of nitrogens with zero attached hydrogens (tertiary/aromatic N) is 5. The van der Waals surface area contributed by atoms with Gasteiger partial charge in [-0.05, 0) is 38.3 Å². The standard InChI is InChI=1S/C18H22N6O2/c1-11-7-9-19-17(21-11)18(26)22-13-5-6-15(25)24(12-3-4-12)16(13)14-8-10-20-23(14)2/h7-10,12-13,16H,3-6H2,1-2H3,(H,22,26)/t13-,16-/m1/s1. The van der Waals surface area contributed by atoms with Crippen molar-refractivity contribution < 1.29 is 9.59 Å². The summed E-state index contributed by atoms with van der Waals surface area (Å²) in [5.74, 6) is -0.00408. The molecule has 1 saturated carbocycles. The number of hydrogen-bond acceptors (Lipinski definition) is 5. The van der Waals surface area contributed by atoms with Crippen molar-refractivity contribution in [2.24, 2.45) is 7.05 Å². The van der Waals surface area contributed by atoms with Gasteiger partial charge in [0, 0.05) is 37.6 Å². The second kappa shape index (κ2) is 6.51. The van der Waals surface area contributed by atoms with Crippen LogP contribution in [0, 0.1) is 6.92 Å². The molecule has 2 aromatic rings. The maximum atomic E-state index is 12.7. The molecule has 2 aromatic heterocycles. The summed E-state index contributed by atoms with van der Waals surface area (Å²) in [4.78, 5) is 35.5. The van der Waals surface area contributed by atoms with Crippen LogP contribution in [0.2, 0.25) is 0 Å². The van der Waals surface area contributed by atoms with E-state index in [1.165, 1.54) is 0 Å². The SMILES string of the molecule is Cc1ccnc(C(=O)N[C@@H]2CCC(=O)N(C3CC3)[C@H]2c2ccnn2C)n1. The number of rotatable bonds is 4. The van der Waals surface area contributed by atoms with E-state index in [1.54, 1.807) is 23.1 Å². The van der Waals surface area contributed by atoms with Gasteiger partial charge in [-0.25, -0.2) is 9.97 Å². The second-order valence-corrected chi connectivity index (χ2v) is 7.00. The van der Waals surface area contributed by atoms with Crippen molar-refractivity contribution in [1.29, 1.82) is 0 Å². The molecule has 0 spiro atoms. The molecule has 2 fully saturated rings. The van der Waals surface area contributed by atoms with Crippen molar-refractivity contribution in [3.05, 3.63) is 41.7 Å². The summed E-state index contributed by atoms with van der Waals surface area (Å²) in [7, 11) is 1.86. The van der Waals surface area contributed by atoms with Gasteiger partial charge >= 0.3 is 0 Å². The summed E-state index contributed by atoms with van der Waals surface area (Å²) < 4.78 is 1.78. The Morgan fingerprint density at radius 2 is 2.04 bits per heavy atom. The Labute approximate surface area is 151 Å². The fourth-order valence-electron chi connectivity index (χ4n) is 3.66. The largest absolute Gasteiger partial charge is 0.344 e. The zero-order valence-electron chi connectivity index (χ0n) is 14.9. The Morgan fingerprint density at radius 1 is 1.23 bits per heavy atom. The number of aryl methyl sites for hydroxylation is 2. The molecule has 1 saturated heterocycles. The summed E-state index contributed by atoms with van der Waals surface area (Å²) in [6.07, 6.45) is 6.36. The Kier molecular flexibility index (Phi) is 4.18. The predicted molar refractivity (Wildman–Crippen MR) is 93.1 cm³/mol. The van der Waals surface area contributed by atoms with E-state index in [2.05, 4.69) is 20.4 Å². The van der Waals surface area contributed by atoms with Crippen LogP contribution < -0.4 is 5.32 Å². The van der Waals surface area contributed by atoms with E-state index in [0.29, 0.717) is 12.8 Å². The van der Waals surface area contributed by atoms with Crippen LogP contribution in [-0.4, -0.2) is 48.5 Å². The fourth-order valence-corrected chi connectivity index (χ4v) is 3.66. The smallest absolute Gasteiger partial charge is 0.289 e. The lowest BCUT2D eigenvalue weighted by molar-refractivity contribution is -0.138. The molecule has 136 valence electrons. The van der Waals surface area contributed by atoms with Crippen LogP contribution >= 0.6 is 0 Å². The molecule has 3 heterocycles. The fraction of sp³-hybridized carbons (Fsp3) is 0.500. The molecule has 1 aliphatic carbocycles. The molecular weight excluding hydrogens is 332 g/mol. The van der Waals surface area contributed by atoms with Crippen LogP contribution in [0.4, 0.5) is 0 Å². The van der Waals surface area contributed by atoms with Gasteiger partial charge in [0.05, 0.1) is 17.8 Å². The minimum atomic E-state index is -0.309. The number of aromatic nitrogens is 4. The lowest BCUT2D eigenvalue weighted by atomic mass is 9.92. The highest BCUT2D eigenvalue weighted by Gasteiger charge is 2.45. The van der Waals surface area contributed by atoms with Gasteiger partial charge < -0.3 is 10.2 Å². The van der Waals surface area contributed by atoms with Crippen molar-refractivity contribution in [1.82, 2.24) is 30.0 Å². The van der Waals surface area contributed by atoms with Gasteiger partial charge in [0.15, 0.2) is 0 Å². The zero-order chi connectivity index (χ0) is 18.3. The van der Waals surface area contributed by atoms with E-state index in [4.69, 9.17) is 0 Å². The van der Waals surface area contributed by atoms with Gasteiger partial charge in [0.2, 0.25) is 11.7 Å². The molecule has 0 unspecified atom stereocenters. The van der Waals surface area contributed by atoms with Crippen LogP contribution in [-0.2, 0) is 11.8 Å². The number of carbonyl (C=O) groups is 2. The Hall–Kier alpha value is -2.77. The van der Waals surface area contributed by atoms with Crippen LogP contribution in [0.3, 0.4) is 0 Å². The highest BCUT2D eigenvalue weighted by Crippen LogP contribution is 2.40. The third kappa shape index (κ3) is 3.07. The van der Waals surface area contributed by atoms with Crippen molar-refractivity contribution in [3.8, 4) is 0 Å². The van der Waals surface area contributed by atoms with Crippen LogP contribution in [0.25, 0.3) is 0 Å². The molecule has 0 bridgehead atoms. The number of nitrogens with one attached hydrogen (secondary N) is 1. The molecule has 8 heteroatoms. The second-order valence-electron chi connectivity index (χ2n) is 7.00. The first kappa shape index (κ1) is 16.7. The van der Waals surface area contributed by atoms with Crippen molar-refractivity contribution in [2.45, 2.75) is 50.7 Å². The number of carbonyl (C=O) groups excluding carboxylic acids is 2. The van der Waals surface area contributed by atoms with E-state index < -0.39 is 0 Å². The Balaban J connectivity index is 1.63. The van der Waals surface area contributed by atoms with Crippen LogP contribution in [0.15, 0.2) is 24.5 Å². The molecule has 0 radical (unpaired) electrons. The molecule has 2 aliphatic rings. The summed E-state index contributed by atoms with van der Waals surface area (Å²) in [5, 5.41) is 7.32. The summed E-state index contributed by atoms with van der Waals surface area (Å²) in [5.41, 5.74) is 1.67. The lowest BCUT2D eigenvalue weighted by Gasteiger charge is -2.41. The van der Waals surface area contributed by atoms with Crippen LogP contribution in [0.1, 0.15) is 53.7 Å². The van der Waals surface area contributed by atoms with E-state index in [9.17, 15) is 9.59 Å². The van der Waals surface area contributed by atoms with Crippen molar-refractivity contribution in [2.75, 3.05) is 0 Å². The van der Waals surface area contributed by atoms with Crippen LogP contribution in [0.5, 0.6) is 0 Å². The Morgan fingerprint density at radius 3 is 2.69 bits per heavy atom. The van der Waals surface area contributed by atoms with Gasteiger partial charge in [-0.3, -0.25) is 14.3 Å². The molecule has 0 aromatic carbocycles. The topological polar surface area (TPSA) is 93.0 Å². The summed E-state index contributed by atoms with van der Waals surface area (Å²) in [6, 6.07) is 3.52. The normalized spacial score (nSPS) is 23.2. The molecule has 1 aliphatic heterocycles.